The van der Waals surface area contributed by atoms with Crippen molar-refractivity contribution in [2.24, 2.45) is 0 Å². The van der Waals surface area contributed by atoms with Gasteiger partial charge in [0.2, 0.25) is 0 Å². The monoisotopic (exact) mass is 353 g/mol. The maximum Gasteiger partial charge on any atom is 0.161 e. The highest BCUT2D eigenvalue weighted by Crippen LogP contribution is 2.41. The number of rotatable bonds is 4. The van der Waals surface area contributed by atoms with Crippen LogP contribution in [0.5, 0.6) is 5.75 Å². The molecule has 1 aliphatic carbocycles. The number of phenols is 1. The van der Waals surface area contributed by atoms with Crippen LogP contribution in [0.25, 0.3) is 22.0 Å². The van der Waals surface area contributed by atoms with E-state index in [4.69, 9.17) is 0 Å². The molecule has 1 fully saturated rings. The molecule has 3 aromatic carbocycles. The molecule has 0 amide bonds. The fourth-order valence-electron chi connectivity index (χ4n) is 3.49. The first-order valence-corrected chi connectivity index (χ1v) is 9.20. The van der Waals surface area contributed by atoms with Crippen molar-refractivity contribution in [1.82, 2.24) is 10.2 Å². The Morgan fingerprint density at radius 3 is 2.44 bits per heavy atom. The molecular formula is C23H19N3O. The number of nitrogens with zero attached hydrogens (tertiary/aromatic N) is 2. The Morgan fingerprint density at radius 2 is 1.63 bits per heavy atom. The molecule has 27 heavy (non-hydrogen) atoms. The lowest BCUT2D eigenvalue weighted by atomic mass is 10.0. The molecule has 0 radical (unpaired) electrons. The Bertz CT molecular complexity index is 1140. The van der Waals surface area contributed by atoms with E-state index >= 15 is 0 Å². The molecule has 1 heterocycles. The highest BCUT2D eigenvalue weighted by atomic mass is 16.3. The number of fused-ring (bicyclic) bond motifs is 1. The van der Waals surface area contributed by atoms with Gasteiger partial charge in [0.25, 0.3) is 0 Å². The van der Waals surface area contributed by atoms with Crippen molar-refractivity contribution in [2.75, 3.05) is 5.32 Å². The van der Waals surface area contributed by atoms with Crippen LogP contribution >= 0.6 is 0 Å². The van der Waals surface area contributed by atoms with Crippen LogP contribution in [0.1, 0.15) is 24.3 Å². The fourth-order valence-corrected chi connectivity index (χ4v) is 3.49. The molecule has 0 saturated heterocycles. The van der Waals surface area contributed by atoms with Gasteiger partial charge in [0, 0.05) is 28.1 Å². The van der Waals surface area contributed by atoms with E-state index < -0.39 is 0 Å². The van der Waals surface area contributed by atoms with Crippen molar-refractivity contribution in [3.05, 3.63) is 78.4 Å². The standard InChI is InChI=1S/C23H19N3O/c27-19-8-4-7-18(14-19)24-23-21-10-2-1-9-20(21)22(25-26-23)17-6-3-5-16(13-17)15-11-12-15/h1-10,13-15,27H,11-12H2,(H,24,26). The molecule has 0 unspecified atom stereocenters. The first-order chi connectivity index (χ1) is 13.3. The Morgan fingerprint density at radius 1 is 0.815 bits per heavy atom. The summed E-state index contributed by atoms with van der Waals surface area (Å²) in [5.41, 5.74) is 4.17. The van der Waals surface area contributed by atoms with Gasteiger partial charge in [0.15, 0.2) is 5.82 Å². The third-order valence-corrected chi connectivity index (χ3v) is 5.01. The SMILES string of the molecule is Oc1cccc(Nc2nnc(-c3cccc(C4CC4)c3)c3ccccc23)c1. The number of hydrogen-bond donors (Lipinski definition) is 2. The van der Waals surface area contributed by atoms with Crippen LogP contribution in [0.3, 0.4) is 0 Å². The molecule has 1 saturated carbocycles. The summed E-state index contributed by atoms with van der Waals surface area (Å²) in [4.78, 5) is 0. The molecule has 4 heteroatoms. The van der Waals surface area contributed by atoms with Crippen molar-refractivity contribution in [3.63, 3.8) is 0 Å². The van der Waals surface area contributed by atoms with E-state index in [2.05, 4.69) is 45.8 Å². The quantitative estimate of drug-likeness (QED) is 0.500. The zero-order valence-corrected chi connectivity index (χ0v) is 14.8. The zero-order valence-electron chi connectivity index (χ0n) is 14.8. The first-order valence-electron chi connectivity index (χ1n) is 9.20. The summed E-state index contributed by atoms with van der Waals surface area (Å²) in [6.45, 7) is 0. The zero-order chi connectivity index (χ0) is 18.2. The Balaban J connectivity index is 1.60. The molecule has 4 nitrogen and oxygen atoms in total. The lowest BCUT2D eigenvalue weighted by Gasteiger charge is -2.12. The van der Waals surface area contributed by atoms with Crippen molar-refractivity contribution in [1.29, 1.82) is 0 Å². The normalized spacial score (nSPS) is 13.6. The topological polar surface area (TPSA) is 58.0 Å². The third kappa shape index (κ3) is 3.10. The average Bonchev–Trinajstić information content (AvgIpc) is 3.54. The summed E-state index contributed by atoms with van der Waals surface area (Å²) < 4.78 is 0. The molecular weight excluding hydrogens is 334 g/mol. The highest BCUT2D eigenvalue weighted by Gasteiger charge is 2.23. The number of nitrogens with one attached hydrogen (secondary N) is 1. The number of hydrogen-bond acceptors (Lipinski definition) is 4. The van der Waals surface area contributed by atoms with Crippen molar-refractivity contribution in [3.8, 4) is 17.0 Å². The van der Waals surface area contributed by atoms with Crippen LogP contribution in [0.4, 0.5) is 11.5 Å². The maximum absolute atomic E-state index is 9.70. The number of aromatic nitrogens is 2. The van der Waals surface area contributed by atoms with Gasteiger partial charge in [-0.05, 0) is 42.5 Å². The molecule has 0 aliphatic heterocycles. The average molecular weight is 353 g/mol. The second-order valence-electron chi connectivity index (χ2n) is 7.02. The van der Waals surface area contributed by atoms with Crippen LogP contribution in [0.15, 0.2) is 72.8 Å². The van der Waals surface area contributed by atoms with Crippen LogP contribution in [-0.2, 0) is 0 Å². The fraction of sp³-hybridized carbons (Fsp3) is 0.130. The molecule has 0 spiro atoms. The number of anilines is 2. The lowest BCUT2D eigenvalue weighted by molar-refractivity contribution is 0.475. The summed E-state index contributed by atoms with van der Waals surface area (Å²) >= 11 is 0. The van der Waals surface area contributed by atoms with E-state index in [0.717, 1.165) is 27.7 Å². The summed E-state index contributed by atoms with van der Waals surface area (Å²) in [5, 5.41) is 24.0. The van der Waals surface area contributed by atoms with E-state index in [0.29, 0.717) is 11.7 Å². The molecule has 4 aromatic rings. The van der Waals surface area contributed by atoms with E-state index in [9.17, 15) is 5.11 Å². The molecule has 1 aliphatic rings. The van der Waals surface area contributed by atoms with Gasteiger partial charge in [0.05, 0.1) is 0 Å². The minimum atomic E-state index is 0.214. The second kappa shape index (κ2) is 6.40. The van der Waals surface area contributed by atoms with Crippen LogP contribution in [-0.4, -0.2) is 15.3 Å². The van der Waals surface area contributed by atoms with Crippen LogP contribution in [0.2, 0.25) is 0 Å². The van der Waals surface area contributed by atoms with Crippen LogP contribution in [0, 0.1) is 0 Å². The highest BCUT2D eigenvalue weighted by molar-refractivity contribution is 6.00. The molecule has 2 N–H and O–H groups in total. The summed E-state index contributed by atoms with van der Waals surface area (Å²) in [5.74, 6) is 1.60. The minimum Gasteiger partial charge on any atom is -0.508 e. The Hall–Kier alpha value is -3.40. The Labute approximate surface area is 157 Å². The van der Waals surface area contributed by atoms with E-state index in [1.165, 1.54) is 18.4 Å². The summed E-state index contributed by atoms with van der Waals surface area (Å²) in [6, 6.07) is 23.8. The van der Waals surface area contributed by atoms with E-state index in [1.54, 1.807) is 18.2 Å². The smallest absolute Gasteiger partial charge is 0.161 e. The third-order valence-electron chi connectivity index (χ3n) is 5.01. The van der Waals surface area contributed by atoms with Gasteiger partial charge in [-0.25, -0.2) is 0 Å². The van der Waals surface area contributed by atoms with Crippen LogP contribution < -0.4 is 5.32 Å². The summed E-state index contributed by atoms with van der Waals surface area (Å²) in [7, 11) is 0. The van der Waals surface area contributed by atoms with E-state index in [1.807, 2.05) is 24.3 Å². The van der Waals surface area contributed by atoms with Gasteiger partial charge in [-0.15, -0.1) is 10.2 Å². The van der Waals surface area contributed by atoms with Crippen molar-refractivity contribution >= 4 is 22.3 Å². The van der Waals surface area contributed by atoms with Gasteiger partial charge in [0.1, 0.15) is 11.4 Å². The van der Waals surface area contributed by atoms with Gasteiger partial charge in [-0.3, -0.25) is 0 Å². The summed E-state index contributed by atoms with van der Waals surface area (Å²) in [6.07, 6.45) is 2.56. The first kappa shape index (κ1) is 15.8. The second-order valence-corrected chi connectivity index (χ2v) is 7.02. The number of phenolic OH excluding ortho intramolecular Hbond substituents is 1. The lowest BCUT2D eigenvalue weighted by Crippen LogP contribution is -1.99. The van der Waals surface area contributed by atoms with Gasteiger partial charge in [-0.1, -0.05) is 48.5 Å². The maximum atomic E-state index is 9.70. The Kier molecular flexibility index (Phi) is 3.75. The van der Waals surface area contributed by atoms with Gasteiger partial charge >= 0.3 is 0 Å². The predicted octanol–water partition coefficient (Wildman–Crippen LogP) is 5.62. The van der Waals surface area contributed by atoms with E-state index in [-0.39, 0.29) is 5.75 Å². The molecule has 0 atom stereocenters. The molecule has 0 bridgehead atoms. The van der Waals surface area contributed by atoms with Crippen molar-refractivity contribution in [2.45, 2.75) is 18.8 Å². The number of benzene rings is 3. The molecule has 1 aromatic heterocycles. The van der Waals surface area contributed by atoms with Gasteiger partial charge < -0.3 is 10.4 Å². The molecule has 5 rings (SSSR count). The number of aromatic hydroxyl groups is 1. The predicted molar refractivity (Wildman–Crippen MR) is 108 cm³/mol. The molecule has 132 valence electrons. The van der Waals surface area contributed by atoms with Gasteiger partial charge in [-0.2, -0.15) is 0 Å². The minimum absolute atomic E-state index is 0.214. The van der Waals surface area contributed by atoms with Crippen molar-refractivity contribution < 1.29 is 5.11 Å². The largest absolute Gasteiger partial charge is 0.508 e.